The fraction of sp³-hybridized carbons (Fsp3) is 0.364. The van der Waals surface area contributed by atoms with Crippen molar-refractivity contribution in [3.05, 3.63) is 27.7 Å². The summed E-state index contributed by atoms with van der Waals surface area (Å²) in [4.78, 5) is 15.5. The third kappa shape index (κ3) is 3.08. The summed E-state index contributed by atoms with van der Waals surface area (Å²) in [7, 11) is 1.50. The number of aromatic nitrogens is 3. The highest BCUT2D eigenvalue weighted by Crippen LogP contribution is 2.19. The van der Waals surface area contributed by atoms with Gasteiger partial charge in [-0.1, -0.05) is 6.07 Å². The van der Waals surface area contributed by atoms with Crippen LogP contribution in [0.15, 0.2) is 17.5 Å². The highest BCUT2D eigenvalue weighted by atomic mass is 35.5. The smallest absolute Gasteiger partial charge is 0.322 e. The Kier molecular flexibility index (Phi) is 4.33. The fourth-order valence-electron chi connectivity index (χ4n) is 1.47. The summed E-state index contributed by atoms with van der Waals surface area (Å²) >= 11 is 7.54. The standard InChI is InChI=1S/C11H13ClN4OS/c1-3-16(7-8-5-4-6-18-8)10-13-9(12)14-11(15-10)17-2/h4-6H,3,7H2,1-2H3. The quantitative estimate of drug-likeness (QED) is 0.845. The molecule has 0 atom stereocenters. The maximum Gasteiger partial charge on any atom is 0.322 e. The molecule has 0 aromatic carbocycles. The predicted octanol–water partition coefficient (Wildman–Crippen LogP) is 2.62. The van der Waals surface area contributed by atoms with Gasteiger partial charge in [-0.25, -0.2) is 0 Å². The van der Waals surface area contributed by atoms with Gasteiger partial charge in [0.2, 0.25) is 11.2 Å². The van der Waals surface area contributed by atoms with Crippen molar-refractivity contribution >= 4 is 28.9 Å². The van der Waals surface area contributed by atoms with Crippen LogP contribution in [-0.2, 0) is 6.54 Å². The zero-order valence-electron chi connectivity index (χ0n) is 10.1. The molecular formula is C11H13ClN4OS. The molecule has 2 rings (SSSR count). The summed E-state index contributed by atoms with van der Waals surface area (Å²) in [6, 6.07) is 4.33. The number of anilines is 1. The van der Waals surface area contributed by atoms with Crippen LogP contribution >= 0.6 is 22.9 Å². The van der Waals surface area contributed by atoms with E-state index in [0.717, 1.165) is 13.1 Å². The number of halogens is 1. The molecule has 2 heterocycles. The average molecular weight is 285 g/mol. The molecule has 2 aromatic rings. The van der Waals surface area contributed by atoms with Crippen molar-refractivity contribution in [3.63, 3.8) is 0 Å². The van der Waals surface area contributed by atoms with Gasteiger partial charge < -0.3 is 9.64 Å². The van der Waals surface area contributed by atoms with E-state index >= 15 is 0 Å². The molecule has 0 bridgehead atoms. The zero-order valence-corrected chi connectivity index (χ0v) is 11.7. The molecule has 0 aliphatic rings. The van der Waals surface area contributed by atoms with Crippen molar-refractivity contribution < 1.29 is 4.74 Å². The van der Waals surface area contributed by atoms with E-state index in [-0.39, 0.29) is 11.3 Å². The summed E-state index contributed by atoms with van der Waals surface area (Å²) in [6.45, 7) is 3.57. The first-order valence-corrected chi connectivity index (χ1v) is 6.71. The van der Waals surface area contributed by atoms with Crippen LogP contribution in [0.2, 0.25) is 5.28 Å². The monoisotopic (exact) mass is 284 g/mol. The summed E-state index contributed by atoms with van der Waals surface area (Å²) in [5.41, 5.74) is 0. The van der Waals surface area contributed by atoms with Crippen molar-refractivity contribution in [2.24, 2.45) is 0 Å². The van der Waals surface area contributed by atoms with Gasteiger partial charge in [0.1, 0.15) is 0 Å². The number of thiophene rings is 1. The lowest BCUT2D eigenvalue weighted by Crippen LogP contribution is -2.24. The van der Waals surface area contributed by atoms with E-state index in [2.05, 4.69) is 21.0 Å². The van der Waals surface area contributed by atoms with Crippen molar-refractivity contribution in [3.8, 4) is 6.01 Å². The summed E-state index contributed by atoms with van der Waals surface area (Å²) in [5, 5.41) is 2.19. The third-order valence-corrected chi connectivity index (χ3v) is 3.38. The van der Waals surface area contributed by atoms with E-state index in [4.69, 9.17) is 16.3 Å². The zero-order chi connectivity index (χ0) is 13.0. The van der Waals surface area contributed by atoms with E-state index in [1.165, 1.54) is 12.0 Å². The minimum absolute atomic E-state index is 0.140. The Bertz CT molecular complexity index is 506. The van der Waals surface area contributed by atoms with Gasteiger partial charge in [0.05, 0.1) is 13.7 Å². The SMILES string of the molecule is CCN(Cc1cccs1)c1nc(Cl)nc(OC)n1. The van der Waals surface area contributed by atoms with Gasteiger partial charge in [-0.3, -0.25) is 0 Å². The van der Waals surface area contributed by atoms with Gasteiger partial charge in [-0.15, -0.1) is 11.3 Å². The summed E-state index contributed by atoms with van der Waals surface area (Å²) < 4.78 is 4.99. The molecule has 0 saturated carbocycles. The minimum Gasteiger partial charge on any atom is -0.467 e. The highest BCUT2D eigenvalue weighted by Gasteiger charge is 2.12. The molecule has 5 nitrogen and oxygen atoms in total. The Morgan fingerprint density at radius 3 is 2.83 bits per heavy atom. The van der Waals surface area contributed by atoms with Crippen LogP contribution in [0.3, 0.4) is 0 Å². The molecule has 2 aromatic heterocycles. The largest absolute Gasteiger partial charge is 0.467 e. The Labute approximate surface area is 114 Å². The fourth-order valence-corrected chi connectivity index (χ4v) is 2.34. The van der Waals surface area contributed by atoms with Crippen LogP contribution < -0.4 is 9.64 Å². The van der Waals surface area contributed by atoms with Crippen LogP contribution in [0.4, 0.5) is 5.95 Å². The average Bonchev–Trinajstić information content (AvgIpc) is 2.88. The van der Waals surface area contributed by atoms with Crippen molar-refractivity contribution in [2.45, 2.75) is 13.5 Å². The molecule has 0 aliphatic heterocycles. The molecule has 0 unspecified atom stereocenters. The number of rotatable bonds is 5. The lowest BCUT2D eigenvalue weighted by molar-refractivity contribution is 0.378. The Morgan fingerprint density at radius 2 is 2.22 bits per heavy atom. The van der Waals surface area contributed by atoms with E-state index in [1.54, 1.807) is 11.3 Å². The maximum absolute atomic E-state index is 5.85. The summed E-state index contributed by atoms with van der Waals surface area (Å²) in [5.74, 6) is 0.530. The topological polar surface area (TPSA) is 51.1 Å². The van der Waals surface area contributed by atoms with Crippen LogP contribution in [0.5, 0.6) is 6.01 Å². The van der Waals surface area contributed by atoms with Gasteiger partial charge in [-0.05, 0) is 30.0 Å². The van der Waals surface area contributed by atoms with Crippen LogP contribution in [-0.4, -0.2) is 28.6 Å². The van der Waals surface area contributed by atoms with Crippen LogP contribution in [0, 0.1) is 0 Å². The second-order valence-electron chi connectivity index (χ2n) is 3.48. The van der Waals surface area contributed by atoms with Gasteiger partial charge in [0.15, 0.2) is 0 Å². The van der Waals surface area contributed by atoms with Crippen molar-refractivity contribution in [1.82, 2.24) is 15.0 Å². The molecule has 0 radical (unpaired) electrons. The van der Waals surface area contributed by atoms with E-state index in [9.17, 15) is 0 Å². The van der Waals surface area contributed by atoms with Gasteiger partial charge in [0, 0.05) is 11.4 Å². The maximum atomic E-state index is 5.85. The van der Waals surface area contributed by atoms with E-state index in [1.807, 2.05) is 23.3 Å². The highest BCUT2D eigenvalue weighted by molar-refractivity contribution is 7.09. The van der Waals surface area contributed by atoms with Gasteiger partial charge in [-0.2, -0.15) is 15.0 Å². The third-order valence-electron chi connectivity index (χ3n) is 2.35. The molecule has 7 heteroatoms. The van der Waals surface area contributed by atoms with Crippen LogP contribution in [0.1, 0.15) is 11.8 Å². The Balaban J connectivity index is 2.24. The first-order valence-electron chi connectivity index (χ1n) is 5.45. The summed E-state index contributed by atoms with van der Waals surface area (Å²) in [6.07, 6.45) is 0. The first-order chi connectivity index (χ1) is 8.72. The lowest BCUT2D eigenvalue weighted by atomic mass is 10.4. The number of methoxy groups -OCH3 is 1. The second kappa shape index (κ2) is 5.97. The number of hydrogen-bond acceptors (Lipinski definition) is 6. The molecule has 0 fully saturated rings. The molecular weight excluding hydrogens is 272 g/mol. The van der Waals surface area contributed by atoms with Crippen molar-refractivity contribution in [2.75, 3.05) is 18.6 Å². The predicted molar refractivity (Wildman–Crippen MR) is 72.4 cm³/mol. The minimum atomic E-state index is 0.140. The normalized spacial score (nSPS) is 10.4. The Hall–Kier alpha value is -1.40. The van der Waals surface area contributed by atoms with Gasteiger partial charge in [0.25, 0.3) is 0 Å². The van der Waals surface area contributed by atoms with Crippen molar-refractivity contribution in [1.29, 1.82) is 0 Å². The number of ether oxygens (including phenoxy) is 1. The molecule has 0 N–H and O–H groups in total. The van der Waals surface area contributed by atoms with Crippen LogP contribution in [0.25, 0.3) is 0 Å². The Morgan fingerprint density at radius 1 is 1.39 bits per heavy atom. The van der Waals surface area contributed by atoms with E-state index < -0.39 is 0 Å². The molecule has 96 valence electrons. The molecule has 0 aliphatic carbocycles. The number of hydrogen-bond donors (Lipinski definition) is 0. The second-order valence-corrected chi connectivity index (χ2v) is 4.85. The number of nitrogens with zero attached hydrogens (tertiary/aromatic N) is 4. The lowest BCUT2D eigenvalue weighted by Gasteiger charge is -2.19. The molecule has 0 saturated heterocycles. The van der Waals surface area contributed by atoms with Gasteiger partial charge >= 0.3 is 6.01 Å². The first kappa shape index (κ1) is 13.0. The molecule has 0 spiro atoms. The van der Waals surface area contributed by atoms with E-state index in [0.29, 0.717) is 5.95 Å². The molecule has 0 amide bonds. The molecule has 18 heavy (non-hydrogen) atoms.